The fourth-order valence-electron chi connectivity index (χ4n) is 3.72. The Morgan fingerprint density at radius 1 is 0.750 bits per heavy atom. The molecule has 1 heterocycles. The zero-order chi connectivity index (χ0) is 20.3. The number of hydrogen-bond acceptors (Lipinski definition) is 1. The van der Waals surface area contributed by atoms with Crippen LogP contribution < -0.4 is 5.32 Å². The Morgan fingerprint density at radius 2 is 1.39 bits per heavy atom. The van der Waals surface area contributed by atoms with Crippen molar-refractivity contribution in [3.8, 4) is 11.3 Å². The fraction of sp³-hybridized carbons (Fsp3) is 0.360. The van der Waals surface area contributed by atoms with E-state index in [1.165, 1.54) is 33.0 Å². The van der Waals surface area contributed by atoms with E-state index in [1.54, 1.807) is 0 Å². The number of aryl methyl sites for hydroxylation is 1. The van der Waals surface area contributed by atoms with Crippen LogP contribution in [-0.4, -0.2) is 10.2 Å². The van der Waals surface area contributed by atoms with E-state index in [1.807, 2.05) is 0 Å². The van der Waals surface area contributed by atoms with E-state index in [9.17, 15) is 0 Å². The molecule has 0 bridgehead atoms. The minimum atomic E-state index is 0.0986. The van der Waals surface area contributed by atoms with E-state index in [-0.39, 0.29) is 10.8 Å². The van der Waals surface area contributed by atoms with Crippen LogP contribution in [-0.2, 0) is 10.8 Å². The first kappa shape index (κ1) is 18.7. The van der Waals surface area contributed by atoms with Crippen LogP contribution in [0.4, 0.5) is 11.5 Å². The summed E-state index contributed by atoms with van der Waals surface area (Å²) in [6.45, 7) is 15.8. The average Bonchev–Trinajstić information content (AvgIpc) is 3.13. The lowest BCUT2D eigenvalue weighted by molar-refractivity contribution is 0.569. The van der Waals surface area contributed by atoms with E-state index in [4.69, 9.17) is 0 Å². The summed E-state index contributed by atoms with van der Waals surface area (Å²) >= 11 is 0. The molecule has 28 heavy (non-hydrogen) atoms. The second-order valence-electron chi connectivity index (χ2n) is 10.1. The van der Waals surface area contributed by atoms with Gasteiger partial charge in [-0.25, -0.2) is 0 Å². The minimum Gasteiger partial charge on any atom is -0.340 e. The summed E-state index contributed by atoms with van der Waals surface area (Å²) in [6.07, 6.45) is 0. The summed E-state index contributed by atoms with van der Waals surface area (Å²) in [7, 11) is 0. The molecule has 146 valence electrons. The molecule has 2 aliphatic rings. The van der Waals surface area contributed by atoms with E-state index >= 15 is 0 Å². The Kier molecular flexibility index (Phi) is 4.11. The number of aromatic nitrogens is 2. The smallest absolute Gasteiger partial charge is 0.132 e. The molecule has 1 aliphatic heterocycles. The average molecular weight is 374 g/mol. The van der Waals surface area contributed by atoms with Crippen LogP contribution >= 0.6 is 0 Å². The molecule has 0 amide bonds. The van der Waals surface area contributed by atoms with E-state index in [0.29, 0.717) is 0 Å². The maximum Gasteiger partial charge on any atom is 0.132 e. The summed E-state index contributed by atoms with van der Waals surface area (Å²) in [5.74, 6) is 1.01. The topological polar surface area (TPSA) is 43.6 Å². The van der Waals surface area contributed by atoms with Gasteiger partial charge < -0.3 is 5.32 Å². The van der Waals surface area contributed by atoms with Gasteiger partial charge in [0.1, 0.15) is 5.82 Å². The number of aromatic amines is 2. The molecule has 3 N–H and O–H groups in total. The standard InChI is InChI=1S/C25H31N3/c1-15-8-9-16-11-21-22(20(16)10-15)27-28-23(21)26-19-13-17(24(2,3)4)12-18(14-19)25(5,6)7/h8-14,26-28H,1-7H3. The number of rotatable bonds is 2. The highest BCUT2D eigenvalue weighted by Gasteiger charge is 2.22. The lowest BCUT2D eigenvalue weighted by Gasteiger charge is -2.26. The van der Waals surface area contributed by atoms with E-state index < -0.39 is 0 Å². The lowest BCUT2D eigenvalue weighted by Crippen LogP contribution is -2.16. The molecule has 0 saturated carbocycles. The zero-order valence-corrected chi connectivity index (χ0v) is 18.0. The van der Waals surface area contributed by atoms with Crippen molar-refractivity contribution in [3.05, 3.63) is 59.2 Å². The second kappa shape index (κ2) is 6.16. The molecule has 2 aromatic rings. The fourth-order valence-corrected chi connectivity index (χ4v) is 3.72. The lowest BCUT2D eigenvalue weighted by atomic mass is 9.80. The third-order valence-corrected chi connectivity index (χ3v) is 5.56. The number of H-pyrrole nitrogens is 2. The molecule has 3 nitrogen and oxygen atoms in total. The van der Waals surface area contributed by atoms with E-state index in [0.717, 1.165) is 17.2 Å². The molecule has 0 atom stereocenters. The van der Waals surface area contributed by atoms with Gasteiger partial charge in [-0.05, 0) is 58.5 Å². The van der Waals surface area contributed by atoms with Crippen LogP contribution in [0.3, 0.4) is 0 Å². The van der Waals surface area contributed by atoms with Gasteiger partial charge in [-0.1, -0.05) is 65.3 Å². The molecule has 0 spiro atoms. The largest absolute Gasteiger partial charge is 0.340 e. The van der Waals surface area contributed by atoms with Crippen molar-refractivity contribution in [1.82, 2.24) is 10.2 Å². The highest BCUT2D eigenvalue weighted by Crippen LogP contribution is 2.39. The molecule has 4 rings (SSSR count). The first-order valence-electron chi connectivity index (χ1n) is 10.0. The van der Waals surface area contributed by atoms with Gasteiger partial charge in [0, 0.05) is 16.6 Å². The van der Waals surface area contributed by atoms with Crippen molar-refractivity contribution < 1.29 is 0 Å². The maximum atomic E-state index is 3.64. The number of nitrogens with one attached hydrogen (secondary N) is 3. The summed E-state index contributed by atoms with van der Waals surface area (Å²) in [5.41, 5.74) is 7.63. The zero-order valence-electron chi connectivity index (χ0n) is 18.0. The number of benzene rings is 2. The molecule has 1 aliphatic carbocycles. The summed E-state index contributed by atoms with van der Waals surface area (Å²) in [5, 5.41) is 12.9. The van der Waals surface area contributed by atoms with Gasteiger partial charge in [0.2, 0.25) is 0 Å². The van der Waals surface area contributed by atoms with Crippen molar-refractivity contribution >= 4 is 22.3 Å². The monoisotopic (exact) mass is 373 g/mol. The molecule has 0 radical (unpaired) electrons. The van der Waals surface area contributed by atoms with Gasteiger partial charge in [-0.2, -0.15) is 0 Å². The van der Waals surface area contributed by atoms with Crippen molar-refractivity contribution in [2.45, 2.75) is 59.3 Å². The molecule has 3 heteroatoms. The first-order valence-corrected chi connectivity index (χ1v) is 10.0. The summed E-state index contributed by atoms with van der Waals surface area (Å²) in [6, 6.07) is 15.7. The normalized spacial score (nSPS) is 12.8. The third-order valence-electron chi connectivity index (χ3n) is 5.56. The van der Waals surface area contributed by atoms with Crippen LogP contribution in [0.25, 0.3) is 22.0 Å². The van der Waals surface area contributed by atoms with Crippen molar-refractivity contribution in [1.29, 1.82) is 0 Å². The molecule has 0 fully saturated rings. The van der Waals surface area contributed by atoms with Crippen molar-refractivity contribution in [3.63, 3.8) is 0 Å². The summed E-state index contributed by atoms with van der Waals surface area (Å²) < 4.78 is 0. The van der Waals surface area contributed by atoms with Gasteiger partial charge in [-0.15, -0.1) is 0 Å². The molecular weight excluding hydrogens is 342 g/mol. The Bertz CT molecular complexity index is 1080. The van der Waals surface area contributed by atoms with Crippen LogP contribution in [0.1, 0.15) is 58.2 Å². The molecule has 0 unspecified atom stereocenters. The third kappa shape index (κ3) is 3.30. The summed E-state index contributed by atoms with van der Waals surface area (Å²) in [4.78, 5) is 0. The predicted octanol–water partition coefficient (Wildman–Crippen LogP) is 7.25. The SMILES string of the molecule is Cc1ccc2cc3c(Nc4cc(C(C)(C)C)cc(C(C)(C)C)c4)[nH][nH]c-3c2c1. The Morgan fingerprint density at radius 3 is 2.00 bits per heavy atom. The number of hydrogen-bond donors (Lipinski definition) is 3. The van der Waals surface area contributed by atoms with Crippen molar-refractivity contribution in [2.75, 3.05) is 5.32 Å². The number of fused-ring (bicyclic) bond motifs is 3. The van der Waals surface area contributed by atoms with Gasteiger partial charge in [0.25, 0.3) is 0 Å². The van der Waals surface area contributed by atoms with Gasteiger partial charge in [-0.3, -0.25) is 10.2 Å². The van der Waals surface area contributed by atoms with Crippen LogP contribution in [0.2, 0.25) is 0 Å². The first-order chi connectivity index (χ1) is 13.0. The van der Waals surface area contributed by atoms with Crippen molar-refractivity contribution in [2.24, 2.45) is 0 Å². The molecule has 0 saturated heterocycles. The minimum absolute atomic E-state index is 0.0986. The van der Waals surface area contributed by atoms with E-state index in [2.05, 4.69) is 106 Å². The molecule has 2 aromatic carbocycles. The van der Waals surface area contributed by atoms with Gasteiger partial charge in [0.15, 0.2) is 0 Å². The molecular formula is C25H31N3. The van der Waals surface area contributed by atoms with Gasteiger partial charge >= 0.3 is 0 Å². The van der Waals surface area contributed by atoms with Gasteiger partial charge in [0.05, 0.1) is 5.69 Å². The Hall–Kier alpha value is -2.68. The molecule has 0 aromatic heterocycles. The quantitative estimate of drug-likeness (QED) is 0.340. The maximum absolute atomic E-state index is 3.64. The highest BCUT2D eigenvalue weighted by atomic mass is 15.2. The van der Waals surface area contributed by atoms with Crippen LogP contribution in [0.15, 0.2) is 42.5 Å². The Balaban J connectivity index is 1.78. The predicted molar refractivity (Wildman–Crippen MR) is 121 cm³/mol. The van der Waals surface area contributed by atoms with Crippen LogP contribution in [0.5, 0.6) is 0 Å². The Labute approximate surface area is 167 Å². The van der Waals surface area contributed by atoms with Crippen LogP contribution in [0, 0.1) is 6.92 Å². The second-order valence-corrected chi connectivity index (χ2v) is 10.1. The highest BCUT2D eigenvalue weighted by molar-refractivity contribution is 6.04. The number of anilines is 2.